The van der Waals surface area contributed by atoms with Gasteiger partial charge in [0.15, 0.2) is 0 Å². The van der Waals surface area contributed by atoms with E-state index in [0.29, 0.717) is 19.0 Å². The number of amides is 2. The van der Waals surface area contributed by atoms with Gasteiger partial charge in [-0.2, -0.15) is 0 Å². The Balaban J connectivity index is 1.67. The number of hydrogen-bond acceptors (Lipinski definition) is 4. The monoisotopic (exact) mass is 344 g/mol. The first-order valence-corrected chi connectivity index (χ1v) is 8.26. The van der Waals surface area contributed by atoms with Crippen molar-refractivity contribution in [1.29, 1.82) is 0 Å². The molecule has 0 radical (unpaired) electrons. The molecular weight excluding hydrogens is 324 g/mol. The largest absolute Gasteiger partial charge is 0.511 e. The summed E-state index contributed by atoms with van der Waals surface area (Å²) in [4.78, 5) is 36.6. The van der Waals surface area contributed by atoms with Crippen molar-refractivity contribution in [1.82, 2.24) is 10.2 Å². The number of carbonyl (C=O) groups excluding carboxylic acids is 2. The van der Waals surface area contributed by atoms with Crippen LogP contribution in [0.1, 0.15) is 36.3 Å². The highest BCUT2D eigenvalue weighted by Gasteiger charge is 2.32. The fourth-order valence-electron chi connectivity index (χ4n) is 2.90. The number of carboxylic acids is 1. The molecule has 1 aromatic rings. The number of nitrogens with one attached hydrogen (secondary N) is 1. The van der Waals surface area contributed by atoms with E-state index < -0.39 is 24.3 Å². The molecule has 1 aromatic carbocycles. The molecule has 0 aromatic heterocycles. The molecule has 1 fully saturated rings. The minimum atomic E-state index is -1.22. The number of rotatable bonds is 6. The number of aliphatic carboxylic acids is 1. The van der Waals surface area contributed by atoms with Crippen molar-refractivity contribution in [3.63, 3.8) is 0 Å². The van der Waals surface area contributed by atoms with Crippen molar-refractivity contribution in [3.05, 3.63) is 46.7 Å². The molecule has 2 amide bonds. The summed E-state index contributed by atoms with van der Waals surface area (Å²) in [5.41, 5.74) is 1.88. The van der Waals surface area contributed by atoms with Gasteiger partial charge in [0.2, 0.25) is 0 Å². The minimum Gasteiger partial charge on any atom is -0.511 e. The Kier molecular flexibility index (Phi) is 4.74. The maximum atomic E-state index is 12.5. The van der Waals surface area contributed by atoms with E-state index in [1.807, 2.05) is 12.1 Å². The van der Waals surface area contributed by atoms with Crippen LogP contribution in [0.5, 0.6) is 0 Å². The number of hydrogen-bond donors (Lipinski definition) is 3. The molecular formula is C18H20N2O5. The maximum absolute atomic E-state index is 12.5. The van der Waals surface area contributed by atoms with Crippen molar-refractivity contribution in [2.75, 3.05) is 13.1 Å². The van der Waals surface area contributed by atoms with Crippen LogP contribution in [0.4, 0.5) is 0 Å². The van der Waals surface area contributed by atoms with Crippen LogP contribution in [0.15, 0.2) is 35.6 Å². The van der Waals surface area contributed by atoms with Gasteiger partial charge >= 0.3 is 5.97 Å². The highest BCUT2D eigenvalue weighted by molar-refractivity contribution is 6.19. The Morgan fingerprint density at radius 3 is 2.48 bits per heavy atom. The summed E-state index contributed by atoms with van der Waals surface area (Å²) in [6.45, 7) is 0.0447. The molecule has 0 bridgehead atoms. The van der Waals surface area contributed by atoms with Gasteiger partial charge in [0.25, 0.3) is 11.8 Å². The number of nitrogens with zero attached hydrogens (tertiary/aromatic N) is 1. The molecule has 132 valence electrons. The molecule has 1 saturated carbocycles. The normalized spacial score (nSPS) is 17.6. The predicted octanol–water partition coefficient (Wildman–Crippen LogP) is 1.31. The molecule has 7 heteroatoms. The van der Waals surface area contributed by atoms with Crippen molar-refractivity contribution < 1.29 is 24.6 Å². The highest BCUT2D eigenvalue weighted by Crippen LogP contribution is 2.39. The molecule has 3 N–H and O–H groups in total. The van der Waals surface area contributed by atoms with Gasteiger partial charge in [-0.3, -0.25) is 14.4 Å². The van der Waals surface area contributed by atoms with Gasteiger partial charge in [0.1, 0.15) is 17.9 Å². The standard InChI is InChI=1S/C18H20N2O5/c21-14-7-8-20(18(25)16(14)17(24)19-9-15(22)23)10-11-1-3-12(4-2-11)13-5-6-13/h1-4,13,21H,5-10H2,(H,19,24)(H,22,23). The van der Waals surface area contributed by atoms with Gasteiger partial charge in [-0.1, -0.05) is 24.3 Å². The van der Waals surface area contributed by atoms with Gasteiger partial charge in [0.05, 0.1) is 0 Å². The molecule has 1 heterocycles. The molecule has 1 aliphatic carbocycles. The lowest BCUT2D eigenvalue weighted by atomic mass is 10.0. The second kappa shape index (κ2) is 6.96. The van der Waals surface area contributed by atoms with E-state index in [-0.39, 0.29) is 17.8 Å². The molecule has 25 heavy (non-hydrogen) atoms. The zero-order chi connectivity index (χ0) is 18.0. The Morgan fingerprint density at radius 1 is 1.20 bits per heavy atom. The first-order chi connectivity index (χ1) is 12.0. The van der Waals surface area contributed by atoms with Crippen LogP contribution in [0.2, 0.25) is 0 Å². The Labute approximate surface area is 144 Å². The fraction of sp³-hybridized carbons (Fsp3) is 0.389. The van der Waals surface area contributed by atoms with E-state index in [1.54, 1.807) is 0 Å². The van der Waals surface area contributed by atoms with Crippen LogP contribution < -0.4 is 5.32 Å². The summed E-state index contributed by atoms with van der Waals surface area (Å²) < 4.78 is 0. The second-order valence-corrected chi connectivity index (χ2v) is 6.39. The van der Waals surface area contributed by atoms with Crippen molar-refractivity contribution in [2.24, 2.45) is 0 Å². The Morgan fingerprint density at radius 2 is 1.88 bits per heavy atom. The Hall–Kier alpha value is -2.83. The third-order valence-corrected chi connectivity index (χ3v) is 4.44. The average molecular weight is 344 g/mol. The van der Waals surface area contributed by atoms with Crippen molar-refractivity contribution >= 4 is 17.8 Å². The van der Waals surface area contributed by atoms with E-state index in [4.69, 9.17) is 5.11 Å². The van der Waals surface area contributed by atoms with E-state index in [0.717, 1.165) is 5.56 Å². The summed E-state index contributed by atoms with van der Waals surface area (Å²) in [6.07, 6.45) is 2.62. The van der Waals surface area contributed by atoms with Gasteiger partial charge in [-0.15, -0.1) is 0 Å². The van der Waals surface area contributed by atoms with Gasteiger partial charge in [-0.25, -0.2) is 0 Å². The molecule has 1 aliphatic heterocycles. The number of carbonyl (C=O) groups is 3. The molecule has 0 spiro atoms. The molecule has 2 aliphatic rings. The van der Waals surface area contributed by atoms with E-state index in [1.165, 1.54) is 23.3 Å². The highest BCUT2D eigenvalue weighted by atomic mass is 16.4. The number of aliphatic hydroxyl groups excluding tert-OH is 1. The SMILES string of the molecule is O=C(O)CNC(=O)C1=C(O)CCN(Cc2ccc(C3CC3)cc2)C1=O. The van der Waals surface area contributed by atoms with Crippen LogP contribution in [0, 0.1) is 0 Å². The molecule has 7 nitrogen and oxygen atoms in total. The summed E-state index contributed by atoms with van der Waals surface area (Å²) in [7, 11) is 0. The van der Waals surface area contributed by atoms with Crippen LogP contribution in [0.25, 0.3) is 0 Å². The predicted molar refractivity (Wildman–Crippen MR) is 88.8 cm³/mol. The first-order valence-electron chi connectivity index (χ1n) is 8.26. The van der Waals surface area contributed by atoms with Crippen LogP contribution in [-0.4, -0.2) is 46.0 Å². The summed E-state index contributed by atoms with van der Waals surface area (Å²) in [5, 5.41) is 20.6. The Bertz CT molecular complexity index is 734. The van der Waals surface area contributed by atoms with Crippen molar-refractivity contribution in [2.45, 2.75) is 31.7 Å². The number of aliphatic hydroxyl groups is 1. The molecule has 0 unspecified atom stereocenters. The second-order valence-electron chi connectivity index (χ2n) is 6.39. The van der Waals surface area contributed by atoms with E-state index in [2.05, 4.69) is 17.4 Å². The summed E-state index contributed by atoms with van der Waals surface area (Å²) in [5.74, 6) is -2.30. The lowest BCUT2D eigenvalue weighted by Gasteiger charge is -2.28. The van der Waals surface area contributed by atoms with E-state index >= 15 is 0 Å². The zero-order valence-electron chi connectivity index (χ0n) is 13.7. The zero-order valence-corrected chi connectivity index (χ0v) is 13.7. The maximum Gasteiger partial charge on any atom is 0.322 e. The summed E-state index contributed by atoms with van der Waals surface area (Å²) >= 11 is 0. The van der Waals surface area contributed by atoms with Crippen LogP contribution in [0.3, 0.4) is 0 Å². The smallest absolute Gasteiger partial charge is 0.322 e. The minimum absolute atomic E-state index is 0.168. The third-order valence-electron chi connectivity index (χ3n) is 4.44. The van der Waals surface area contributed by atoms with Crippen molar-refractivity contribution in [3.8, 4) is 0 Å². The quantitative estimate of drug-likeness (QED) is 0.675. The van der Waals surface area contributed by atoms with Gasteiger partial charge in [0, 0.05) is 19.5 Å². The lowest BCUT2D eigenvalue weighted by Crippen LogP contribution is -2.43. The van der Waals surface area contributed by atoms with Gasteiger partial charge < -0.3 is 20.4 Å². The van der Waals surface area contributed by atoms with E-state index in [9.17, 15) is 19.5 Å². The van der Waals surface area contributed by atoms with Crippen LogP contribution in [-0.2, 0) is 20.9 Å². The fourth-order valence-corrected chi connectivity index (χ4v) is 2.90. The number of benzene rings is 1. The van der Waals surface area contributed by atoms with Crippen LogP contribution >= 0.6 is 0 Å². The lowest BCUT2D eigenvalue weighted by molar-refractivity contribution is -0.138. The topological polar surface area (TPSA) is 107 Å². The third kappa shape index (κ3) is 3.99. The average Bonchev–Trinajstić information content (AvgIpc) is 3.41. The first kappa shape index (κ1) is 17.0. The summed E-state index contributed by atoms with van der Waals surface area (Å²) in [6, 6.07) is 8.08. The molecule has 3 rings (SSSR count). The number of carboxylic acid groups (broad SMARTS) is 1. The molecule has 0 atom stereocenters. The van der Waals surface area contributed by atoms with Gasteiger partial charge in [-0.05, 0) is 29.9 Å². The molecule has 0 saturated heterocycles.